The van der Waals surface area contributed by atoms with Crippen LogP contribution in [0.5, 0.6) is 0 Å². The van der Waals surface area contributed by atoms with Crippen molar-refractivity contribution in [3.8, 4) is 0 Å². The Balaban J connectivity index is 0. The Morgan fingerprint density at radius 1 is 0.413 bits per heavy atom. The van der Waals surface area contributed by atoms with Gasteiger partial charge in [0.15, 0.2) is 0 Å². The Hall–Kier alpha value is -5.30. The largest absolute Gasteiger partial charge is 0.465 e. The lowest BCUT2D eigenvalue weighted by Gasteiger charge is -2.20. The lowest BCUT2D eigenvalue weighted by Crippen LogP contribution is -2.35. The van der Waals surface area contributed by atoms with Gasteiger partial charge < -0.3 is 58.0 Å². The first kappa shape index (κ1) is 59.8. The molecule has 24 nitrogen and oxygen atoms in total. The van der Waals surface area contributed by atoms with Gasteiger partial charge in [0.25, 0.3) is 0 Å². The number of rotatable bonds is 36. The molecule has 0 aliphatic heterocycles. The number of esters is 6. The van der Waals surface area contributed by atoms with Gasteiger partial charge in [-0.1, -0.05) is 0 Å². The van der Waals surface area contributed by atoms with E-state index in [9.17, 15) is 47.9 Å². The number of methoxy groups -OCH3 is 1. The summed E-state index contributed by atoms with van der Waals surface area (Å²) in [6, 6.07) is 0. The Kier molecular flexibility index (Phi) is 38.7. The minimum atomic E-state index is -0.677. The fourth-order valence-corrected chi connectivity index (χ4v) is 4.38. The predicted molar refractivity (Wildman–Crippen MR) is 217 cm³/mol. The van der Waals surface area contributed by atoms with Crippen LogP contribution in [0.2, 0.25) is 0 Å². The van der Waals surface area contributed by atoms with Crippen LogP contribution in [0.15, 0.2) is 0 Å². The van der Waals surface area contributed by atoms with E-state index in [1.807, 2.05) is 0 Å². The van der Waals surface area contributed by atoms with Gasteiger partial charge in [-0.05, 0) is 26.7 Å². The average Bonchev–Trinajstić information content (AvgIpc) is 3.18. The second kappa shape index (κ2) is 40.8. The normalized spacial score (nSPS) is 10.4. The zero-order chi connectivity index (χ0) is 47.7. The maximum absolute atomic E-state index is 11.7. The molecule has 24 heteroatoms. The number of amides is 2. The highest BCUT2D eigenvalue weighted by Gasteiger charge is 2.14. The van der Waals surface area contributed by atoms with Gasteiger partial charge in [0.1, 0.15) is 64.4 Å². The summed E-state index contributed by atoms with van der Waals surface area (Å²) in [5, 5.41) is 5.08. The second-order valence-electron chi connectivity index (χ2n) is 13.1. The second-order valence-corrected chi connectivity index (χ2v) is 13.1. The first-order valence-corrected chi connectivity index (χ1v) is 20.1. The maximum atomic E-state index is 11.7. The van der Waals surface area contributed by atoms with Gasteiger partial charge in [0.2, 0.25) is 5.91 Å². The van der Waals surface area contributed by atoms with Gasteiger partial charge >= 0.3 is 41.9 Å². The van der Waals surface area contributed by atoms with Gasteiger partial charge in [-0.15, -0.1) is 0 Å². The zero-order valence-corrected chi connectivity index (χ0v) is 37.3. The number of carbonyl (C=O) groups is 10. The quantitative estimate of drug-likeness (QED) is 0.0422. The van der Waals surface area contributed by atoms with E-state index in [1.165, 1.54) is 34.6 Å². The average molecular weight is 911 g/mol. The molecule has 0 aromatic heterocycles. The molecule has 0 atom stereocenters. The van der Waals surface area contributed by atoms with E-state index in [-0.39, 0.29) is 96.4 Å². The molecule has 0 saturated heterocycles. The van der Waals surface area contributed by atoms with Crippen molar-refractivity contribution in [1.29, 1.82) is 0 Å². The molecule has 0 aliphatic carbocycles. The van der Waals surface area contributed by atoms with Gasteiger partial charge in [0.05, 0.1) is 32.9 Å². The summed E-state index contributed by atoms with van der Waals surface area (Å²) in [4.78, 5) is 116. The Morgan fingerprint density at radius 2 is 0.762 bits per heavy atom. The summed E-state index contributed by atoms with van der Waals surface area (Å²) >= 11 is 0. The standard InChI is InChI=1S/C21H36N2O11.C18H30N2O9/c1-17(24)14-23(7-12-31-18(2)25)8-13-33-20(27)16-30-15-19(26)32-10-4-6-22-21(28)34-11-5-9-29-3;1-14(21)11-20(6-9-27-16(3)23)7-10-29-18(25)13-26-12-17(24)28-8-4-5-19-15(2)22/h4-16H2,1-3H3,(H,22,28);4-13H2,1-3H3,(H,19,22). The molecule has 0 aromatic rings. The molecular formula is C39H66N4O20. The molecule has 0 aliphatic rings. The van der Waals surface area contributed by atoms with Crippen molar-refractivity contribution in [2.45, 2.75) is 53.9 Å². The van der Waals surface area contributed by atoms with E-state index >= 15 is 0 Å². The van der Waals surface area contributed by atoms with E-state index in [0.717, 1.165) is 0 Å². The molecule has 0 heterocycles. The SMILES string of the molecule is CC(=O)CN(CCOC(C)=O)CCOC(=O)COCC(=O)OCCCNC(C)=O.COCCCOC(=O)NCCCOC(=O)COCC(=O)OCCN(CCOC(C)=O)CC(C)=O. The van der Waals surface area contributed by atoms with E-state index < -0.39 is 68.3 Å². The summed E-state index contributed by atoms with van der Waals surface area (Å²) < 4.78 is 49.0. The number of hydrogen-bond acceptors (Lipinski definition) is 22. The van der Waals surface area contributed by atoms with Crippen molar-refractivity contribution in [2.75, 3.05) is 139 Å². The van der Waals surface area contributed by atoms with E-state index in [1.54, 1.807) is 16.9 Å². The number of nitrogens with one attached hydrogen (secondary N) is 2. The first-order valence-electron chi connectivity index (χ1n) is 20.1. The predicted octanol–water partition coefficient (Wildman–Crippen LogP) is -1.23. The molecule has 0 rings (SSSR count). The Labute approximate surface area is 367 Å². The van der Waals surface area contributed by atoms with Crippen molar-refractivity contribution in [1.82, 2.24) is 20.4 Å². The van der Waals surface area contributed by atoms with Crippen molar-refractivity contribution in [3.05, 3.63) is 0 Å². The van der Waals surface area contributed by atoms with Gasteiger partial charge in [-0.25, -0.2) is 24.0 Å². The van der Waals surface area contributed by atoms with Crippen molar-refractivity contribution < 1.29 is 95.3 Å². The van der Waals surface area contributed by atoms with E-state index in [4.69, 9.17) is 47.4 Å². The number of hydrogen-bond donors (Lipinski definition) is 2. The molecule has 63 heavy (non-hydrogen) atoms. The van der Waals surface area contributed by atoms with Crippen LogP contribution in [-0.2, 0) is 90.5 Å². The van der Waals surface area contributed by atoms with Crippen LogP contribution in [0.1, 0.15) is 53.9 Å². The lowest BCUT2D eigenvalue weighted by molar-refractivity contribution is -0.157. The molecule has 0 fully saturated rings. The number of alkyl carbamates (subject to hydrolysis) is 1. The number of nitrogens with zero attached hydrogens (tertiary/aromatic N) is 2. The Morgan fingerprint density at radius 3 is 1.11 bits per heavy atom. The van der Waals surface area contributed by atoms with Crippen LogP contribution >= 0.6 is 0 Å². The third-order valence-electron chi connectivity index (χ3n) is 7.08. The summed E-state index contributed by atoms with van der Waals surface area (Å²) in [5.41, 5.74) is 0. The highest BCUT2D eigenvalue weighted by Crippen LogP contribution is 1.95. The molecular weight excluding hydrogens is 844 g/mol. The van der Waals surface area contributed by atoms with Crippen molar-refractivity contribution in [3.63, 3.8) is 0 Å². The monoisotopic (exact) mass is 910 g/mol. The smallest absolute Gasteiger partial charge is 0.407 e. The summed E-state index contributed by atoms with van der Waals surface area (Å²) in [6.07, 6.45) is 0.903. The number of ketones is 2. The highest BCUT2D eigenvalue weighted by molar-refractivity contribution is 5.78. The minimum Gasteiger partial charge on any atom is -0.465 e. The molecule has 2 amide bonds. The molecule has 0 saturated carbocycles. The van der Waals surface area contributed by atoms with Gasteiger partial charge in [0, 0.05) is 80.2 Å². The lowest BCUT2D eigenvalue weighted by atomic mass is 10.4. The molecule has 362 valence electrons. The van der Waals surface area contributed by atoms with Crippen LogP contribution < -0.4 is 10.6 Å². The zero-order valence-electron chi connectivity index (χ0n) is 37.3. The van der Waals surface area contributed by atoms with E-state index in [2.05, 4.69) is 10.6 Å². The number of Topliss-reactive ketones (excluding diaryl/α,β-unsaturated/α-hetero) is 2. The fourth-order valence-electron chi connectivity index (χ4n) is 4.38. The molecule has 0 unspecified atom stereocenters. The summed E-state index contributed by atoms with van der Waals surface area (Å²) in [6.45, 7) is 8.52. The molecule has 0 spiro atoms. The highest BCUT2D eigenvalue weighted by atomic mass is 16.6. The third-order valence-corrected chi connectivity index (χ3v) is 7.08. The molecule has 0 bridgehead atoms. The topological polar surface area (TPSA) is 294 Å². The fraction of sp³-hybridized carbons (Fsp3) is 0.744. The van der Waals surface area contributed by atoms with Crippen LogP contribution in [0.3, 0.4) is 0 Å². The van der Waals surface area contributed by atoms with Crippen molar-refractivity contribution in [2.24, 2.45) is 0 Å². The third kappa shape index (κ3) is 46.0. The molecule has 2 N–H and O–H groups in total. The van der Waals surface area contributed by atoms with Crippen LogP contribution in [0.4, 0.5) is 4.79 Å². The summed E-state index contributed by atoms with van der Waals surface area (Å²) in [5.74, 6) is -3.77. The van der Waals surface area contributed by atoms with Crippen LogP contribution in [0, 0.1) is 0 Å². The van der Waals surface area contributed by atoms with Crippen molar-refractivity contribution >= 4 is 59.4 Å². The van der Waals surface area contributed by atoms with E-state index in [0.29, 0.717) is 45.5 Å². The van der Waals surface area contributed by atoms with Crippen LogP contribution in [-0.4, -0.2) is 208 Å². The van der Waals surface area contributed by atoms with Crippen LogP contribution in [0.25, 0.3) is 0 Å². The Bertz CT molecular complexity index is 1380. The number of ether oxygens (including phenoxy) is 10. The molecule has 0 radical (unpaired) electrons. The number of carbonyl (C=O) groups excluding carboxylic acids is 10. The maximum Gasteiger partial charge on any atom is 0.407 e. The first-order chi connectivity index (χ1) is 29.9. The van der Waals surface area contributed by atoms with Gasteiger partial charge in [-0.2, -0.15) is 0 Å². The van der Waals surface area contributed by atoms with Gasteiger partial charge in [-0.3, -0.25) is 33.8 Å². The molecule has 0 aromatic carbocycles. The minimum absolute atomic E-state index is 0.00179. The summed E-state index contributed by atoms with van der Waals surface area (Å²) in [7, 11) is 1.56.